The largest absolute Gasteiger partial charge is 0.495 e. The Morgan fingerprint density at radius 1 is 1.13 bits per heavy atom. The van der Waals surface area contributed by atoms with Crippen molar-refractivity contribution < 1.29 is 17.9 Å². The van der Waals surface area contributed by atoms with Crippen LogP contribution in [0.3, 0.4) is 0 Å². The van der Waals surface area contributed by atoms with Crippen LogP contribution in [0.5, 0.6) is 5.75 Å². The Hall–Kier alpha value is -2.38. The maximum atomic E-state index is 12.9. The van der Waals surface area contributed by atoms with Gasteiger partial charge in [-0.3, -0.25) is 4.79 Å². The van der Waals surface area contributed by atoms with Crippen LogP contribution < -0.4 is 14.8 Å². The summed E-state index contributed by atoms with van der Waals surface area (Å²) >= 11 is 0. The third kappa shape index (κ3) is 5.83. The lowest BCUT2D eigenvalue weighted by atomic mass is 10.1. The molecule has 1 aliphatic carbocycles. The average molecular weight is 431 g/mol. The highest BCUT2D eigenvalue weighted by Gasteiger charge is 2.26. The minimum Gasteiger partial charge on any atom is -0.495 e. The van der Waals surface area contributed by atoms with E-state index in [1.54, 1.807) is 6.07 Å². The number of ether oxygens (including phenoxy) is 1. The molecule has 0 heterocycles. The lowest BCUT2D eigenvalue weighted by molar-refractivity contribution is 0.0938. The van der Waals surface area contributed by atoms with Gasteiger partial charge >= 0.3 is 0 Å². The van der Waals surface area contributed by atoms with Crippen molar-refractivity contribution in [2.45, 2.75) is 62.4 Å². The monoisotopic (exact) mass is 430 g/mol. The normalized spacial score (nSPS) is 15.7. The summed E-state index contributed by atoms with van der Waals surface area (Å²) in [5.41, 5.74) is 1.52. The molecule has 162 valence electrons. The van der Waals surface area contributed by atoms with E-state index >= 15 is 0 Å². The molecule has 30 heavy (non-hydrogen) atoms. The molecule has 1 aliphatic rings. The van der Waals surface area contributed by atoms with Gasteiger partial charge in [-0.25, -0.2) is 13.1 Å². The van der Waals surface area contributed by atoms with E-state index in [2.05, 4.69) is 22.2 Å². The molecule has 1 unspecified atom stereocenters. The zero-order valence-corrected chi connectivity index (χ0v) is 18.4. The fourth-order valence-electron chi connectivity index (χ4n) is 3.76. The summed E-state index contributed by atoms with van der Waals surface area (Å²) in [6, 6.07) is 14.5. The van der Waals surface area contributed by atoms with E-state index < -0.39 is 10.0 Å². The number of amides is 1. The van der Waals surface area contributed by atoms with Gasteiger partial charge in [-0.2, -0.15) is 0 Å². The summed E-state index contributed by atoms with van der Waals surface area (Å²) in [5, 5.41) is 2.96. The molecule has 0 spiro atoms. The highest BCUT2D eigenvalue weighted by molar-refractivity contribution is 7.89. The van der Waals surface area contributed by atoms with Crippen molar-refractivity contribution in [3.05, 3.63) is 59.7 Å². The topological polar surface area (TPSA) is 84.5 Å². The van der Waals surface area contributed by atoms with Gasteiger partial charge in [0.2, 0.25) is 10.0 Å². The van der Waals surface area contributed by atoms with Crippen molar-refractivity contribution in [3.8, 4) is 5.75 Å². The number of carbonyl (C=O) groups is 1. The molecule has 7 heteroatoms. The fraction of sp³-hybridized carbons (Fsp3) is 0.435. The zero-order valence-electron chi connectivity index (χ0n) is 17.6. The lowest BCUT2D eigenvalue weighted by Crippen LogP contribution is -2.34. The van der Waals surface area contributed by atoms with Crippen LogP contribution in [0.1, 0.15) is 54.9 Å². The zero-order chi connectivity index (χ0) is 21.6. The second-order valence-corrected chi connectivity index (χ2v) is 9.55. The first-order chi connectivity index (χ1) is 14.4. The van der Waals surface area contributed by atoms with Crippen molar-refractivity contribution >= 4 is 15.9 Å². The molecule has 2 N–H and O–H groups in total. The number of carbonyl (C=O) groups excluding carboxylic acids is 1. The molecule has 1 saturated carbocycles. The van der Waals surface area contributed by atoms with Crippen molar-refractivity contribution in [2.24, 2.45) is 0 Å². The third-order valence-electron chi connectivity index (χ3n) is 5.48. The number of sulfonamides is 1. The summed E-state index contributed by atoms with van der Waals surface area (Å²) in [6.07, 6.45) is 5.36. The van der Waals surface area contributed by atoms with Gasteiger partial charge in [-0.05, 0) is 56.4 Å². The molecule has 0 saturated heterocycles. The Balaban J connectivity index is 1.69. The minimum atomic E-state index is -3.77. The number of methoxy groups -OCH3 is 1. The molecule has 0 aromatic heterocycles. The van der Waals surface area contributed by atoms with Gasteiger partial charge in [0, 0.05) is 17.6 Å². The van der Waals surface area contributed by atoms with Gasteiger partial charge in [0.15, 0.2) is 0 Å². The van der Waals surface area contributed by atoms with E-state index in [0.717, 1.165) is 38.5 Å². The first-order valence-corrected chi connectivity index (χ1v) is 11.9. The molecule has 2 aromatic rings. The molecule has 0 radical (unpaired) electrons. The van der Waals surface area contributed by atoms with Gasteiger partial charge < -0.3 is 10.1 Å². The molecule has 6 nitrogen and oxygen atoms in total. The quantitative estimate of drug-likeness (QED) is 0.636. The number of benzene rings is 2. The standard InChI is InChI=1S/C23H30N2O4S/c1-17(12-13-18-8-4-3-5-9-18)24-23(26)19-14-15-21(29-2)22(16-19)30(27,28)25-20-10-6-7-11-20/h3-5,8-9,14-17,20,25H,6-7,10-13H2,1-2H3,(H,24,26). The number of aryl methyl sites for hydroxylation is 1. The number of hydrogen-bond acceptors (Lipinski definition) is 4. The Morgan fingerprint density at radius 2 is 1.83 bits per heavy atom. The molecular formula is C23H30N2O4S. The minimum absolute atomic E-state index is 0.00138. The van der Waals surface area contributed by atoms with Gasteiger partial charge in [-0.1, -0.05) is 43.2 Å². The summed E-state index contributed by atoms with van der Waals surface area (Å²) in [6.45, 7) is 1.95. The second-order valence-electron chi connectivity index (χ2n) is 7.87. The molecule has 1 amide bonds. The Kier molecular flexibility index (Phi) is 7.50. The maximum absolute atomic E-state index is 12.9. The van der Waals surface area contributed by atoms with Gasteiger partial charge in [0.25, 0.3) is 5.91 Å². The molecule has 1 atom stereocenters. The van der Waals surface area contributed by atoms with Crippen LogP contribution in [-0.2, 0) is 16.4 Å². The van der Waals surface area contributed by atoms with Crippen LogP contribution in [0.25, 0.3) is 0 Å². The Morgan fingerprint density at radius 3 is 2.50 bits per heavy atom. The predicted molar refractivity (Wildman–Crippen MR) is 117 cm³/mol. The highest BCUT2D eigenvalue weighted by atomic mass is 32.2. The molecule has 0 aliphatic heterocycles. The fourth-order valence-corrected chi connectivity index (χ4v) is 5.26. The van der Waals surface area contributed by atoms with E-state index in [0.29, 0.717) is 5.56 Å². The second kappa shape index (κ2) is 10.1. The van der Waals surface area contributed by atoms with E-state index in [1.165, 1.54) is 24.8 Å². The number of hydrogen-bond donors (Lipinski definition) is 2. The summed E-state index contributed by atoms with van der Waals surface area (Å²) in [7, 11) is -2.35. The van der Waals surface area contributed by atoms with E-state index in [9.17, 15) is 13.2 Å². The van der Waals surface area contributed by atoms with Crippen molar-refractivity contribution in [1.29, 1.82) is 0 Å². The Bertz CT molecular complexity index is 954. The predicted octanol–water partition coefficient (Wildman–Crippen LogP) is 3.67. The molecule has 1 fully saturated rings. The van der Waals surface area contributed by atoms with Gasteiger partial charge in [0.1, 0.15) is 10.6 Å². The number of nitrogens with one attached hydrogen (secondary N) is 2. The highest BCUT2D eigenvalue weighted by Crippen LogP contribution is 2.27. The summed E-state index contributed by atoms with van der Waals surface area (Å²) in [5.74, 6) is -0.0651. The van der Waals surface area contributed by atoms with Crippen LogP contribution >= 0.6 is 0 Å². The van der Waals surface area contributed by atoms with Gasteiger partial charge in [-0.15, -0.1) is 0 Å². The smallest absolute Gasteiger partial charge is 0.251 e. The summed E-state index contributed by atoms with van der Waals surface area (Å²) in [4.78, 5) is 12.7. The lowest BCUT2D eigenvalue weighted by Gasteiger charge is -2.17. The van der Waals surface area contributed by atoms with Crippen molar-refractivity contribution in [2.75, 3.05) is 7.11 Å². The van der Waals surface area contributed by atoms with E-state index in [4.69, 9.17) is 4.74 Å². The van der Waals surface area contributed by atoms with E-state index in [1.807, 2.05) is 25.1 Å². The molecule has 3 rings (SSSR count). The van der Waals surface area contributed by atoms with Crippen LogP contribution in [0.15, 0.2) is 53.4 Å². The SMILES string of the molecule is COc1ccc(C(=O)NC(C)CCc2ccccc2)cc1S(=O)(=O)NC1CCCC1. The van der Waals surface area contributed by atoms with Crippen LogP contribution in [-0.4, -0.2) is 33.5 Å². The molecular weight excluding hydrogens is 400 g/mol. The van der Waals surface area contributed by atoms with Crippen LogP contribution in [0.4, 0.5) is 0 Å². The first kappa shape index (κ1) is 22.3. The van der Waals surface area contributed by atoms with Crippen LogP contribution in [0.2, 0.25) is 0 Å². The summed E-state index contributed by atoms with van der Waals surface area (Å²) < 4.78 is 33.8. The molecule has 0 bridgehead atoms. The van der Waals surface area contributed by atoms with Crippen molar-refractivity contribution in [1.82, 2.24) is 10.0 Å². The third-order valence-corrected chi connectivity index (χ3v) is 7.02. The Labute approximate surface area is 179 Å². The van der Waals surface area contributed by atoms with Crippen molar-refractivity contribution in [3.63, 3.8) is 0 Å². The number of rotatable bonds is 9. The van der Waals surface area contributed by atoms with Crippen LogP contribution in [0, 0.1) is 0 Å². The van der Waals surface area contributed by atoms with E-state index in [-0.39, 0.29) is 28.6 Å². The maximum Gasteiger partial charge on any atom is 0.251 e. The first-order valence-electron chi connectivity index (χ1n) is 10.4. The molecule has 2 aromatic carbocycles. The van der Waals surface area contributed by atoms with Gasteiger partial charge in [0.05, 0.1) is 7.11 Å². The average Bonchev–Trinajstić information content (AvgIpc) is 3.24.